The Kier molecular flexibility index (Phi) is 3.77. The van der Waals surface area contributed by atoms with Crippen LogP contribution in [-0.2, 0) is 0 Å². The van der Waals surface area contributed by atoms with E-state index < -0.39 is 11.9 Å². The Hall–Kier alpha value is -2.40. The predicted molar refractivity (Wildman–Crippen MR) is 70.6 cm³/mol. The minimum Gasteiger partial charge on any atom is -0.476 e. The van der Waals surface area contributed by atoms with E-state index in [1.807, 2.05) is 0 Å². The third-order valence-electron chi connectivity index (χ3n) is 2.36. The van der Waals surface area contributed by atoms with Gasteiger partial charge in [-0.25, -0.2) is 9.78 Å². The average Bonchev–Trinajstić information content (AvgIpc) is 2.41. The summed E-state index contributed by atoms with van der Waals surface area (Å²) in [6.45, 7) is 0. The van der Waals surface area contributed by atoms with E-state index >= 15 is 0 Å². The van der Waals surface area contributed by atoms with Gasteiger partial charge in [0.05, 0.1) is 5.56 Å². The lowest BCUT2D eigenvalue weighted by Gasteiger charge is -2.07. The van der Waals surface area contributed by atoms with E-state index in [9.17, 15) is 9.59 Å². The maximum atomic E-state index is 12.0. The summed E-state index contributed by atoms with van der Waals surface area (Å²) in [7, 11) is 0. The highest BCUT2D eigenvalue weighted by Gasteiger charge is 2.17. The molecule has 1 amide bonds. The highest BCUT2D eigenvalue weighted by Crippen LogP contribution is 2.15. The van der Waals surface area contributed by atoms with Crippen molar-refractivity contribution in [3.8, 4) is 0 Å². The summed E-state index contributed by atoms with van der Waals surface area (Å²) in [5, 5.41) is 12.1. The average molecular weight is 277 g/mol. The number of aromatic nitrogens is 1. The summed E-state index contributed by atoms with van der Waals surface area (Å²) >= 11 is 5.73. The Morgan fingerprint density at radius 3 is 2.47 bits per heavy atom. The molecule has 0 spiro atoms. The first-order valence-electron chi connectivity index (χ1n) is 5.33. The molecule has 0 radical (unpaired) electrons. The Morgan fingerprint density at radius 1 is 1.16 bits per heavy atom. The number of amides is 1. The third-order valence-corrected chi connectivity index (χ3v) is 2.61. The van der Waals surface area contributed by atoms with Crippen LogP contribution in [0, 0.1) is 0 Å². The zero-order valence-electron chi connectivity index (χ0n) is 9.63. The fraction of sp³-hybridized carbons (Fsp3) is 0. The van der Waals surface area contributed by atoms with Gasteiger partial charge in [-0.05, 0) is 36.4 Å². The second-order valence-corrected chi connectivity index (χ2v) is 4.10. The van der Waals surface area contributed by atoms with Gasteiger partial charge >= 0.3 is 5.97 Å². The van der Waals surface area contributed by atoms with Crippen LogP contribution in [0.25, 0.3) is 0 Å². The minimum atomic E-state index is -1.25. The summed E-state index contributed by atoms with van der Waals surface area (Å²) < 4.78 is 0. The summed E-state index contributed by atoms with van der Waals surface area (Å²) in [6.07, 6.45) is 1.32. The predicted octanol–water partition coefficient (Wildman–Crippen LogP) is 2.69. The Bertz CT molecular complexity index is 626. The number of rotatable bonds is 3. The van der Waals surface area contributed by atoms with Crippen LogP contribution in [0.1, 0.15) is 20.8 Å². The molecule has 5 nitrogen and oxygen atoms in total. The molecule has 6 heteroatoms. The molecule has 2 rings (SSSR count). The summed E-state index contributed by atoms with van der Waals surface area (Å²) in [5.41, 5.74) is 0.244. The van der Waals surface area contributed by atoms with Crippen molar-refractivity contribution in [2.75, 3.05) is 5.32 Å². The number of carboxylic acids is 1. The van der Waals surface area contributed by atoms with Crippen molar-refractivity contribution in [3.63, 3.8) is 0 Å². The van der Waals surface area contributed by atoms with E-state index in [2.05, 4.69) is 10.3 Å². The van der Waals surface area contributed by atoms with Gasteiger partial charge in [0.1, 0.15) is 0 Å². The van der Waals surface area contributed by atoms with Crippen molar-refractivity contribution in [1.29, 1.82) is 0 Å². The molecule has 96 valence electrons. The van der Waals surface area contributed by atoms with Gasteiger partial charge < -0.3 is 10.4 Å². The van der Waals surface area contributed by atoms with Crippen LogP contribution in [0.5, 0.6) is 0 Å². The van der Waals surface area contributed by atoms with Gasteiger partial charge in [-0.1, -0.05) is 11.6 Å². The number of carbonyl (C=O) groups is 2. The van der Waals surface area contributed by atoms with E-state index in [1.165, 1.54) is 18.3 Å². The second-order valence-electron chi connectivity index (χ2n) is 3.67. The number of hydrogen-bond donors (Lipinski definition) is 2. The fourth-order valence-electron chi connectivity index (χ4n) is 1.49. The summed E-state index contributed by atoms with van der Waals surface area (Å²) in [6, 6.07) is 9.40. The van der Waals surface area contributed by atoms with Crippen LogP contribution in [0.3, 0.4) is 0 Å². The molecule has 1 aromatic heterocycles. The van der Waals surface area contributed by atoms with Crippen molar-refractivity contribution < 1.29 is 14.7 Å². The minimum absolute atomic E-state index is 0.00458. The number of hydrogen-bond acceptors (Lipinski definition) is 3. The van der Waals surface area contributed by atoms with Crippen molar-refractivity contribution >= 4 is 29.2 Å². The maximum absolute atomic E-state index is 12.0. The molecule has 2 aromatic rings. The first kappa shape index (κ1) is 13.0. The molecule has 0 fully saturated rings. The number of anilines is 1. The van der Waals surface area contributed by atoms with Gasteiger partial charge in [-0.2, -0.15) is 0 Å². The summed E-state index contributed by atoms with van der Waals surface area (Å²) in [4.78, 5) is 26.6. The number of benzene rings is 1. The topological polar surface area (TPSA) is 79.3 Å². The van der Waals surface area contributed by atoms with E-state index in [-0.39, 0.29) is 11.3 Å². The maximum Gasteiger partial charge on any atom is 0.355 e. The van der Waals surface area contributed by atoms with E-state index in [0.29, 0.717) is 10.7 Å². The Morgan fingerprint density at radius 2 is 1.84 bits per heavy atom. The van der Waals surface area contributed by atoms with Gasteiger partial charge in [0, 0.05) is 16.9 Å². The monoisotopic (exact) mass is 276 g/mol. The van der Waals surface area contributed by atoms with Crippen LogP contribution in [0.15, 0.2) is 42.6 Å². The Labute approximate surface area is 113 Å². The van der Waals surface area contributed by atoms with E-state index in [4.69, 9.17) is 16.7 Å². The molecule has 2 N–H and O–H groups in total. The molecule has 0 aliphatic rings. The quantitative estimate of drug-likeness (QED) is 0.903. The van der Waals surface area contributed by atoms with Crippen LogP contribution in [0.4, 0.5) is 5.69 Å². The van der Waals surface area contributed by atoms with Gasteiger partial charge in [-0.15, -0.1) is 0 Å². The van der Waals surface area contributed by atoms with Crippen LogP contribution in [-0.4, -0.2) is 22.0 Å². The van der Waals surface area contributed by atoms with Crippen molar-refractivity contribution in [2.45, 2.75) is 0 Å². The molecular weight excluding hydrogens is 268 g/mol. The smallest absolute Gasteiger partial charge is 0.355 e. The second kappa shape index (κ2) is 5.49. The van der Waals surface area contributed by atoms with Gasteiger partial charge in [0.15, 0.2) is 5.69 Å². The SMILES string of the molecule is O=C(Nc1ccc(Cl)cc1)c1cccnc1C(=O)O. The number of nitrogens with one attached hydrogen (secondary N) is 1. The molecule has 0 bridgehead atoms. The number of aromatic carboxylic acids is 1. The molecule has 19 heavy (non-hydrogen) atoms. The standard InChI is InChI=1S/C13H9ClN2O3/c14-8-3-5-9(6-4-8)16-12(17)10-2-1-7-15-11(10)13(18)19/h1-7H,(H,16,17)(H,18,19). The highest BCUT2D eigenvalue weighted by molar-refractivity contribution is 6.30. The molecule has 1 aromatic carbocycles. The lowest BCUT2D eigenvalue weighted by atomic mass is 10.1. The molecule has 0 aliphatic heterocycles. The molecular formula is C13H9ClN2O3. The van der Waals surface area contributed by atoms with E-state index in [0.717, 1.165) is 0 Å². The first-order valence-corrected chi connectivity index (χ1v) is 5.71. The fourth-order valence-corrected chi connectivity index (χ4v) is 1.62. The molecule has 0 unspecified atom stereocenters. The van der Waals surface area contributed by atoms with Crippen LogP contribution in [0.2, 0.25) is 5.02 Å². The molecule has 1 heterocycles. The lowest BCUT2D eigenvalue weighted by Crippen LogP contribution is -2.17. The lowest BCUT2D eigenvalue weighted by molar-refractivity contribution is 0.0686. The molecule has 0 atom stereocenters. The van der Waals surface area contributed by atoms with E-state index in [1.54, 1.807) is 24.3 Å². The number of pyridine rings is 1. The number of carboxylic acid groups (broad SMARTS) is 1. The largest absolute Gasteiger partial charge is 0.476 e. The zero-order valence-corrected chi connectivity index (χ0v) is 10.4. The molecule has 0 saturated heterocycles. The Balaban J connectivity index is 2.25. The number of halogens is 1. The normalized spacial score (nSPS) is 9.95. The number of carbonyl (C=O) groups excluding carboxylic acids is 1. The van der Waals surface area contributed by atoms with Gasteiger partial charge in [-0.3, -0.25) is 4.79 Å². The van der Waals surface area contributed by atoms with Crippen LogP contribution >= 0.6 is 11.6 Å². The van der Waals surface area contributed by atoms with Gasteiger partial charge in [0.2, 0.25) is 0 Å². The number of nitrogens with zero attached hydrogens (tertiary/aromatic N) is 1. The highest BCUT2D eigenvalue weighted by atomic mass is 35.5. The van der Waals surface area contributed by atoms with Crippen molar-refractivity contribution in [1.82, 2.24) is 4.98 Å². The zero-order chi connectivity index (χ0) is 13.8. The molecule has 0 aliphatic carbocycles. The summed E-state index contributed by atoms with van der Waals surface area (Å²) in [5.74, 6) is -1.78. The van der Waals surface area contributed by atoms with Crippen molar-refractivity contribution in [3.05, 3.63) is 58.9 Å². The van der Waals surface area contributed by atoms with Crippen LogP contribution < -0.4 is 5.32 Å². The molecule has 0 saturated carbocycles. The van der Waals surface area contributed by atoms with Crippen molar-refractivity contribution in [2.24, 2.45) is 0 Å². The third kappa shape index (κ3) is 3.08. The first-order chi connectivity index (χ1) is 9.08. The van der Waals surface area contributed by atoms with Gasteiger partial charge in [0.25, 0.3) is 5.91 Å².